The summed E-state index contributed by atoms with van der Waals surface area (Å²) in [6.45, 7) is 1.99. The Labute approximate surface area is 159 Å². The number of benzene rings is 2. The highest BCUT2D eigenvalue weighted by Gasteiger charge is 2.29. The van der Waals surface area contributed by atoms with Gasteiger partial charge in [0.15, 0.2) is 11.5 Å². The molecule has 2 aromatic carbocycles. The molecule has 0 radical (unpaired) electrons. The number of nitro benzene ring substituents is 1. The van der Waals surface area contributed by atoms with E-state index in [0.29, 0.717) is 29.2 Å². The van der Waals surface area contributed by atoms with Crippen molar-refractivity contribution in [3.63, 3.8) is 0 Å². The Kier molecular flexibility index (Phi) is 4.32. The summed E-state index contributed by atoms with van der Waals surface area (Å²) in [6.07, 6.45) is 0.513. The minimum absolute atomic E-state index is 0.0335. The first-order valence-corrected chi connectivity index (χ1v) is 8.54. The fourth-order valence-electron chi connectivity index (χ4n) is 3.30. The van der Waals surface area contributed by atoms with Crippen LogP contribution in [0.4, 0.5) is 10.5 Å². The molecule has 0 aliphatic carbocycles. The third-order valence-electron chi connectivity index (χ3n) is 4.68. The molecule has 2 heterocycles. The highest BCUT2D eigenvalue weighted by Crippen LogP contribution is 2.37. The number of nitro groups is 1. The highest BCUT2D eigenvalue weighted by molar-refractivity contribution is 6.14. The summed E-state index contributed by atoms with van der Waals surface area (Å²) in [4.78, 5) is 22.7. The number of amides is 2. The molecule has 0 saturated carbocycles. The molecule has 144 valence electrons. The second-order valence-electron chi connectivity index (χ2n) is 6.46. The number of nitrogens with one attached hydrogen (secondary N) is 1. The predicted octanol–water partition coefficient (Wildman–Crippen LogP) is 1.91. The van der Waals surface area contributed by atoms with Crippen molar-refractivity contribution in [2.24, 2.45) is 10.9 Å². The van der Waals surface area contributed by atoms with Gasteiger partial charge in [0, 0.05) is 23.3 Å². The molecule has 2 amide bonds. The van der Waals surface area contributed by atoms with Crippen molar-refractivity contribution >= 4 is 17.4 Å². The van der Waals surface area contributed by atoms with Crippen molar-refractivity contribution in [1.82, 2.24) is 10.4 Å². The molecule has 0 aromatic heterocycles. The van der Waals surface area contributed by atoms with Crippen molar-refractivity contribution in [3.8, 4) is 11.5 Å². The van der Waals surface area contributed by atoms with Crippen LogP contribution >= 0.6 is 0 Å². The molecule has 4 rings (SSSR count). The van der Waals surface area contributed by atoms with Crippen LogP contribution in [0.1, 0.15) is 23.6 Å². The number of carbonyl (C=O) groups is 1. The van der Waals surface area contributed by atoms with Crippen molar-refractivity contribution in [2.45, 2.75) is 19.4 Å². The average molecular weight is 383 g/mol. The Hall–Kier alpha value is -3.66. The van der Waals surface area contributed by atoms with E-state index in [1.165, 1.54) is 17.1 Å². The van der Waals surface area contributed by atoms with Crippen LogP contribution in [0.15, 0.2) is 41.5 Å². The summed E-state index contributed by atoms with van der Waals surface area (Å²) in [5.41, 5.74) is 4.85. The molecule has 1 atom stereocenters. The monoisotopic (exact) mass is 383 g/mol. The van der Waals surface area contributed by atoms with Crippen LogP contribution in [0, 0.1) is 10.1 Å². The molecule has 28 heavy (non-hydrogen) atoms. The zero-order valence-corrected chi connectivity index (χ0v) is 14.9. The summed E-state index contributed by atoms with van der Waals surface area (Å²) in [6, 6.07) is 8.84. The first-order valence-electron chi connectivity index (χ1n) is 8.54. The largest absolute Gasteiger partial charge is 0.454 e. The number of hydrogen-bond acceptors (Lipinski definition) is 7. The summed E-state index contributed by atoms with van der Waals surface area (Å²) in [5.74, 6) is 6.52. The van der Waals surface area contributed by atoms with E-state index in [9.17, 15) is 14.9 Å². The maximum absolute atomic E-state index is 12.2. The van der Waals surface area contributed by atoms with E-state index in [2.05, 4.69) is 10.5 Å². The number of carbonyl (C=O) groups excluding carboxylic acids is 1. The quantitative estimate of drug-likeness (QED) is 0.352. The topological polar surface area (TPSA) is 132 Å². The molecule has 2 aliphatic heterocycles. The maximum Gasteiger partial charge on any atom is 0.352 e. The van der Waals surface area contributed by atoms with Crippen LogP contribution in [-0.4, -0.2) is 34.5 Å². The van der Waals surface area contributed by atoms with Crippen molar-refractivity contribution in [1.29, 1.82) is 0 Å². The van der Waals surface area contributed by atoms with Gasteiger partial charge in [-0.15, -0.1) is 0 Å². The Bertz CT molecular complexity index is 989. The number of urea groups is 1. The molecule has 3 N–H and O–H groups in total. The Morgan fingerprint density at radius 3 is 2.61 bits per heavy atom. The molecule has 1 unspecified atom stereocenters. The van der Waals surface area contributed by atoms with Gasteiger partial charge in [0.25, 0.3) is 5.69 Å². The lowest BCUT2D eigenvalue weighted by Crippen LogP contribution is -2.45. The Balaban J connectivity index is 1.88. The zero-order chi connectivity index (χ0) is 19.8. The summed E-state index contributed by atoms with van der Waals surface area (Å²) in [5, 5.41) is 16.8. The van der Waals surface area contributed by atoms with Gasteiger partial charge in [-0.05, 0) is 43.2 Å². The van der Waals surface area contributed by atoms with E-state index in [1.54, 1.807) is 12.1 Å². The van der Waals surface area contributed by atoms with Crippen LogP contribution in [0.5, 0.6) is 11.5 Å². The van der Waals surface area contributed by atoms with Gasteiger partial charge < -0.3 is 9.47 Å². The lowest BCUT2D eigenvalue weighted by molar-refractivity contribution is -0.384. The molecule has 2 aromatic rings. The van der Waals surface area contributed by atoms with E-state index in [4.69, 9.17) is 15.3 Å². The van der Waals surface area contributed by atoms with Crippen molar-refractivity contribution in [2.75, 3.05) is 6.79 Å². The Morgan fingerprint density at radius 2 is 1.96 bits per heavy atom. The number of nitrogens with two attached hydrogens (primary N) is 1. The number of hydrazine groups is 1. The minimum atomic E-state index is -0.556. The Morgan fingerprint density at radius 1 is 1.29 bits per heavy atom. The molecule has 0 spiro atoms. The number of hydrazone groups is 1. The number of rotatable bonds is 2. The van der Waals surface area contributed by atoms with Crippen LogP contribution in [0.3, 0.4) is 0 Å². The first kappa shape index (κ1) is 17.7. The van der Waals surface area contributed by atoms with E-state index in [0.717, 1.165) is 11.1 Å². The van der Waals surface area contributed by atoms with Crippen molar-refractivity contribution in [3.05, 3.63) is 63.2 Å². The fraction of sp³-hybridized carbons (Fsp3) is 0.222. The van der Waals surface area contributed by atoms with Gasteiger partial charge in [0.1, 0.15) is 0 Å². The minimum Gasteiger partial charge on any atom is -0.454 e. The van der Waals surface area contributed by atoms with Gasteiger partial charge in [-0.1, -0.05) is 0 Å². The summed E-state index contributed by atoms with van der Waals surface area (Å²) < 4.78 is 11.0. The SMILES string of the molecule is CC1Cc2cc3c(cc2C(c2ccc([N+](=O)[O-])cc2)=NN1C(=O)NN)OCO3. The first-order chi connectivity index (χ1) is 13.5. The molecular weight excluding hydrogens is 366 g/mol. The lowest BCUT2D eigenvalue weighted by Gasteiger charge is -2.22. The molecule has 0 fully saturated rings. The van der Waals surface area contributed by atoms with Gasteiger partial charge in [-0.25, -0.2) is 15.6 Å². The lowest BCUT2D eigenvalue weighted by atomic mass is 9.94. The van der Waals surface area contributed by atoms with E-state index in [1.807, 2.05) is 19.1 Å². The zero-order valence-electron chi connectivity index (χ0n) is 14.9. The van der Waals surface area contributed by atoms with Gasteiger partial charge in [-0.2, -0.15) is 5.10 Å². The third-order valence-corrected chi connectivity index (χ3v) is 4.68. The normalized spacial score (nSPS) is 17.4. The third kappa shape index (κ3) is 2.99. The van der Waals surface area contributed by atoms with Crippen LogP contribution in [-0.2, 0) is 6.42 Å². The molecule has 0 saturated heterocycles. The predicted molar refractivity (Wildman–Crippen MR) is 99.0 cm³/mol. The van der Waals surface area contributed by atoms with Crippen molar-refractivity contribution < 1.29 is 19.2 Å². The van der Waals surface area contributed by atoms with E-state index >= 15 is 0 Å². The number of nitrogens with zero attached hydrogens (tertiary/aromatic N) is 3. The molecule has 10 heteroatoms. The molecule has 0 bridgehead atoms. The standard InChI is InChI=1S/C18H17N5O5/c1-10-6-12-7-15-16(28-9-27-15)8-14(12)17(21-22(10)18(24)20-19)11-2-4-13(5-3-11)23(25)26/h2-5,7-8,10H,6,9,19H2,1H3,(H,20,24). The highest BCUT2D eigenvalue weighted by atomic mass is 16.7. The number of hydrogen-bond donors (Lipinski definition) is 2. The molecular formula is C18H17N5O5. The van der Waals surface area contributed by atoms with E-state index < -0.39 is 11.0 Å². The average Bonchev–Trinajstić information content (AvgIpc) is 3.09. The number of fused-ring (bicyclic) bond motifs is 2. The number of non-ortho nitro benzene ring substituents is 1. The smallest absolute Gasteiger partial charge is 0.352 e. The second-order valence-corrected chi connectivity index (χ2v) is 6.46. The second kappa shape index (κ2) is 6.82. The fourth-order valence-corrected chi connectivity index (χ4v) is 3.30. The number of ether oxygens (including phenoxy) is 2. The van der Waals surface area contributed by atoms with Crippen LogP contribution in [0.25, 0.3) is 0 Å². The maximum atomic E-state index is 12.2. The summed E-state index contributed by atoms with van der Waals surface area (Å²) in [7, 11) is 0. The molecule has 2 aliphatic rings. The van der Waals surface area contributed by atoms with Crippen LogP contribution in [0.2, 0.25) is 0 Å². The van der Waals surface area contributed by atoms with Crippen LogP contribution < -0.4 is 20.7 Å². The molecule has 10 nitrogen and oxygen atoms in total. The van der Waals surface area contributed by atoms with Gasteiger partial charge >= 0.3 is 6.03 Å². The van der Waals surface area contributed by atoms with Gasteiger partial charge in [-0.3, -0.25) is 15.5 Å². The van der Waals surface area contributed by atoms with Gasteiger partial charge in [0.2, 0.25) is 6.79 Å². The summed E-state index contributed by atoms with van der Waals surface area (Å²) >= 11 is 0. The van der Waals surface area contributed by atoms with E-state index in [-0.39, 0.29) is 18.5 Å². The van der Waals surface area contributed by atoms with Gasteiger partial charge in [0.05, 0.1) is 16.7 Å².